The van der Waals surface area contributed by atoms with Crippen molar-refractivity contribution in [3.05, 3.63) is 69.2 Å². The number of aromatic nitrogens is 1. The number of hydrogen-bond acceptors (Lipinski definition) is 15. The van der Waals surface area contributed by atoms with Crippen LogP contribution in [0.3, 0.4) is 0 Å². The van der Waals surface area contributed by atoms with Crippen LogP contribution in [0, 0.1) is 0 Å². The second-order valence-corrected chi connectivity index (χ2v) is 13.5. The first-order valence-corrected chi connectivity index (χ1v) is 16.7. The summed E-state index contributed by atoms with van der Waals surface area (Å²) in [6, 6.07) is 0.817. The summed E-state index contributed by atoms with van der Waals surface area (Å²) < 4.78 is 0. The molecule has 0 saturated carbocycles. The highest BCUT2D eigenvalue weighted by Gasteiger charge is 2.54. The number of nitrogen functional groups attached to an aromatic ring is 1. The van der Waals surface area contributed by atoms with E-state index < -0.39 is 58.7 Å². The first-order valence-electron chi connectivity index (χ1n) is 13.8. The zero-order valence-corrected chi connectivity index (χ0v) is 26.9. The van der Waals surface area contributed by atoms with E-state index in [-0.39, 0.29) is 33.6 Å². The summed E-state index contributed by atoms with van der Waals surface area (Å²) in [4.78, 5) is 73.3. The number of carboxylic acids is 1. The zero-order valence-electron chi connectivity index (χ0n) is 24.5. The molecule has 1 aromatic heterocycles. The van der Waals surface area contributed by atoms with Crippen LogP contribution in [0.25, 0.3) is 0 Å². The van der Waals surface area contributed by atoms with Gasteiger partial charge >= 0.3 is 12.1 Å². The SMILES string of the molecule is CC1=NC2=CN(C(=O)O)NN2C(SCC2=C(C(=O)O)N3C(=O)[C@@H](NC(=O)C(NC(=O)c4ccc(O)c(O)c4)c4csc(N)n4)[C@H]3SC2)=C1. The highest BCUT2D eigenvalue weighted by Crippen LogP contribution is 2.42. The highest BCUT2D eigenvalue weighted by atomic mass is 32.2. The van der Waals surface area contributed by atoms with Gasteiger partial charge in [-0.15, -0.1) is 40.4 Å². The molecule has 4 aliphatic heterocycles. The van der Waals surface area contributed by atoms with Crippen molar-refractivity contribution >= 4 is 75.5 Å². The van der Waals surface area contributed by atoms with E-state index in [1.807, 2.05) is 0 Å². The average Bonchev–Trinajstić information content (AvgIpc) is 3.68. The molecule has 1 fully saturated rings. The van der Waals surface area contributed by atoms with Gasteiger partial charge in [0.15, 0.2) is 28.5 Å². The molecule has 48 heavy (non-hydrogen) atoms. The Morgan fingerprint density at radius 3 is 2.65 bits per heavy atom. The van der Waals surface area contributed by atoms with Crippen LogP contribution in [0.2, 0.25) is 0 Å². The molecule has 2 aromatic rings. The van der Waals surface area contributed by atoms with Gasteiger partial charge < -0.3 is 36.8 Å². The number of anilines is 1. The summed E-state index contributed by atoms with van der Waals surface area (Å²) in [6.45, 7) is 1.73. The molecule has 3 atom stereocenters. The van der Waals surface area contributed by atoms with Crippen molar-refractivity contribution in [3.8, 4) is 11.5 Å². The number of aromatic hydroxyl groups is 2. The maximum absolute atomic E-state index is 13.5. The molecule has 0 radical (unpaired) electrons. The lowest BCUT2D eigenvalue weighted by molar-refractivity contribution is -0.151. The Bertz CT molecular complexity index is 1890. The normalized spacial score (nSPS) is 20.6. The van der Waals surface area contributed by atoms with Crippen molar-refractivity contribution in [2.75, 3.05) is 17.2 Å². The van der Waals surface area contributed by atoms with E-state index in [1.54, 1.807) is 13.0 Å². The van der Waals surface area contributed by atoms with Gasteiger partial charge in [-0.25, -0.2) is 24.6 Å². The Morgan fingerprint density at radius 2 is 1.98 bits per heavy atom. The standard InChI is InChI=1S/C27H25N9O9S3/c1-10-4-17(36-16(29-10)6-34(33-36)27(44)45)46-7-12-8-47-24-19(23(41)35(24)20(12)25(42)43)32-22(40)18(13-9-48-26(28)30-13)31-21(39)11-2-3-14(37)15(38)5-11/h2-6,9,18-19,24,33,37-38H,7-8H2,1H3,(H2,28,30)(H,31,39)(H,32,40)(H,42,43)(H,44,45)/t18?,19-,24-/m1/s1. The molecule has 9 N–H and O–H groups in total. The minimum Gasteiger partial charge on any atom is -0.504 e. The van der Waals surface area contributed by atoms with Gasteiger partial charge in [0.2, 0.25) is 5.91 Å². The third kappa shape index (κ3) is 6.10. The number of fused-ring (bicyclic) bond motifs is 2. The van der Waals surface area contributed by atoms with Gasteiger partial charge in [0.05, 0.1) is 16.9 Å². The Balaban J connectivity index is 1.16. The van der Waals surface area contributed by atoms with Gasteiger partial charge in [0.25, 0.3) is 11.8 Å². The molecule has 18 nitrogen and oxygen atoms in total. The first-order chi connectivity index (χ1) is 22.8. The number of β-lactam (4-membered cyclic amide) rings is 1. The molecule has 1 aromatic carbocycles. The predicted molar refractivity (Wildman–Crippen MR) is 173 cm³/mol. The second kappa shape index (κ2) is 12.7. The summed E-state index contributed by atoms with van der Waals surface area (Å²) >= 11 is 3.49. The minimum absolute atomic E-state index is 0.0694. The lowest BCUT2D eigenvalue weighted by Gasteiger charge is -2.49. The molecular formula is C27H25N9O9S3. The Kier molecular flexibility index (Phi) is 8.68. The number of rotatable bonds is 9. The van der Waals surface area contributed by atoms with Crippen LogP contribution >= 0.6 is 34.9 Å². The average molecular weight is 716 g/mol. The fourth-order valence-electron chi connectivity index (χ4n) is 5.04. The number of nitrogens with zero attached hydrogens (tertiary/aromatic N) is 5. The number of hydrogen-bond donors (Lipinski definition) is 8. The van der Waals surface area contributed by atoms with Crippen LogP contribution in [0.5, 0.6) is 11.5 Å². The smallest absolute Gasteiger partial charge is 0.427 e. The van der Waals surface area contributed by atoms with E-state index in [2.05, 4.69) is 26.1 Å². The molecule has 1 unspecified atom stereocenters. The maximum Gasteiger partial charge on any atom is 0.427 e. The van der Waals surface area contributed by atoms with Gasteiger partial charge in [0, 0.05) is 28.2 Å². The summed E-state index contributed by atoms with van der Waals surface area (Å²) in [5.41, 5.74) is 9.27. The zero-order chi connectivity index (χ0) is 34.4. The van der Waals surface area contributed by atoms with Gasteiger partial charge in [-0.3, -0.25) is 19.3 Å². The summed E-state index contributed by atoms with van der Waals surface area (Å²) in [6.07, 6.45) is 1.75. The number of carbonyl (C=O) groups excluding carboxylic acids is 3. The number of aliphatic carboxylic acids is 1. The number of aliphatic imine (C=N–C) groups is 1. The Labute approximate surface area is 282 Å². The summed E-state index contributed by atoms with van der Waals surface area (Å²) in [5, 5.41) is 47.6. The van der Waals surface area contributed by atoms with Crippen molar-refractivity contribution in [3.63, 3.8) is 0 Å². The number of phenols is 2. The van der Waals surface area contributed by atoms with Gasteiger partial charge in [-0.2, -0.15) is 5.01 Å². The molecule has 5 heterocycles. The van der Waals surface area contributed by atoms with E-state index in [9.17, 15) is 44.4 Å². The van der Waals surface area contributed by atoms with E-state index in [4.69, 9.17) is 5.73 Å². The molecule has 1 saturated heterocycles. The van der Waals surface area contributed by atoms with Crippen LogP contribution in [-0.4, -0.2) is 98.7 Å². The second-order valence-electron chi connectivity index (χ2n) is 10.5. The van der Waals surface area contributed by atoms with Crippen molar-refractivity contribution < 1.29 is 44.4 Å². The van der Waals surface area contributed by atoms with E-state index in [0.717, 1.165) is 33.4 Å². The number of carboxylic acid groups (broad SMARTS) is 2. The summed E-state index contributed by atoms with van der Waals surface area (Å²) in [7, 11) is 0. The number of nitrogens with two attached hydrogens (primary N) is 1. The monoisotopic (exact) mass is 715 g/mol. The van der Waals surface area contributed by atoms with E-state index in [0.29, 0.717) is 22.1 Å². The van der Waals surface area contributed by atoms with Crippen LogP contribution in [0.15, 0.2) is 63.0 Å². The van der Waals surface area contributed by atoms with Crippen LogP contribution in [0.4, 0.5) is 9.93 Å². The molecule has 6 rings (SSSR count). The van der Waals surface area contributed by atoms with Crippen molar-refractivity contribution in [1.29, 1.82) is 0 Å². The molecule has 250 valence electrons. The number of nitrogens with one attached hydrogen (secondary N) is 3. The third-order valence-corrected chi connectivity index (χ3v) is 10.4. The van der Waals surface area contributed by atoms with Crippen LogP contribution in [0.1, 0.15) is 29.0 Å². The number of amides is 4. The lowest BCUT2D eigenvalue weighted by Crippen LogP contribution is -2.71. The number of allylic oxidation sites excluding steroid dienone is 1. The molecular weight excluding hydrogens is 691 g/mol. The highest BCUT2D eigenvalue weighted by molar-refractivity contribution is 8.03. The molecule has 0 bridgehead atoms. The first kappa shape index (κ1) is 32.7. The van der Waals surface area contributed by atoms with E-state index in [1.165, 1.54) is 46.2 Å². The number of thioether (sulfide) groups is 2. The molecule has 4 aliphatic rings. The predicted octanol–water partition coefficient (Wildman–Crippen LogP) is 0.909. The quantitative estimate of drug-likeness (QED) is 0.133. The van der Waals surface area contributed by atoms with E-state index >= 15 is 0 Å². The van der Waals surface area contributed by atoms with Gasteiger partial charge in [-0.05, 0) is 36.8 Å². The third-order valence-electron chi connectivity index (χ3n) is 7.28. The van der Waals surface area contributed by atoms with Gasteiger partial charge in [0.1, 0.15) is 17.1 Å². The van der Waals surface area contributed by atoms with Crippen LogP contribution < -0.4 is 21.9 Å². The lowest BCUT2D eigenvalue weighted by atomic mass is 10.0. The molecule has 4 amide bonds. The molecule has 0 aliphatic carbocycles. The fraction of sp³-hybridized carbons (Fsp3) is 0.222. The Morgan fingerprint density at radius 1 is 1.21 bits per heavy atom. The fourth-order valence-corrected chi connectivity index (χ4v) is 8.18. The topological polar surface area (TPSA) is 263 Å². The van der Waals surface area contributed by atoms with Crippen molar-refractivity contribution in [2.45, 2.75) is 24.4 Å². The Hall–Kier alpha value is -5.25. The molecule has 21 heteroatoms. The number of hydrazine groups is 2. The van der Waals surface area contributed by atoms with Crippen molar-refractivity contribution in [1.82, 2.24) is 36.1 Å². The molecule has 0 spiro atoms. The number of thiazole rings is 1. The number of benzene rings is 1. The largest absolute Gasteiger partial charge is 0.504 e. The van der Waals surface area contributed by atoms with Crippen LogP contribution in [-0.2, 0) is 14.4 Å². The summed E-state index contributed by atoms with van der Waals surface area (Å²) in [5.74, 6) is -3.91. The minimum atomic E-state index is -1.41. The van der Waals surface area contributed by atoms with Gasteiger partial charge in [-0.1, -0.05) is 0 Å². The van der Waals surface area contributed by atoms with Crippen molar-refractivity contribution in [2.24, 2.45) is 4.99 Å². The maximum atomic E-state index is 13.5. The number of phenolic OH excluding ortho intramolecular Hbond substituents is 2. The number of carbonyl (C=O) groups is 5.